The highest BCUT2D eigenvalue weighted by atomic mass is 32.2. The molecule has 0 saturated heterocycles. The summed E-state index contributed by atoms with van der Waals surface area (Å²) in [6, 6.07) is 9.42. The van der Waals surface area contributed by atoms with Crippen LogP contribution in [0.4, 0.5) is 0 Å². The van der Waals surface area contributed by atoms with Gasteiger partial charge in [-0.3, -0.25) is 4.18 Å². The molecule has 0 aliphatic carbocycles. The Morgan fingerprint density at radius 2 is 1.85 bits per heavy atom. The minimum Gasteiger partial charge on any atom is -0.266 e. The van der Waals surface area contributed by atoms with Crippen LogP contribution in [0.5, 0.6) is 0 Å². The third kappa shape index (κ3) is 2.76. The normalized spacial score (nSPS) is 11.8. The molecule has 0 radical (unpaired) electrons. The van der Waals surface area contributed by atoms with Gasteiger partial charge in [0.05, 0.1) is 23.7 Å². The number of hydrogen-bond acceptors (Lipinski definition) is 4. The van der Waals surface area contributed by atoms with Crippen LogP contribution in [0, 0.1) is 13.8 Å². The smallest absolute Gasteiger partial charge is 0.266 e. The second-order valence-electron chi connectivity index (χ2n) is 4.52. The fourth-order valence-corrected chi connectivity index (χ4v) is 3.42. The third-order valence-electron chi connectivity index (χ3n) is 2.92. The summed E-state index contributed by atoms with van der Waals surface area (Å²) < 4.78 is 31.0. The Hall–Kier alpha value is -1.66. The van der Waals surface area contributed by atoms with Crippen LogP contribution < -0.4 is 0 Å². The van der Waals surface area contributed by atoms with E-state index in [4.69, 9.17) is 4.18 Å². The van der Waals surface area contributed by atoms with Crippen LogP contribution in [0.15, 0.2) is 35.2 Å². The first kappa shape index (κ1) is 14.7. The van der Waals surface area contributed by atoms with Gasteiger partial charge in [-0.25, -0.2) is 4.68 Å². The number of nitrogens with zero attached hydrogens (tertiary/aromatic N) is 2. The van der Waals surface area contributed by atoms with E-state index >= 15 is 0 Å². The van der Waals surface area contributed by atoms with E-state index in [9.17, 15) is 8.42 Å². The highest BCUT2D eigenvalue weighted by molar-refractivity contribution is 7.86. The predicted octanol–water partition coefficient (Wildman–Crippen LogP) is 2.60. The molecule has 108 valence electrons. The molecule has 20 heavy (non-hydrogen) atoms. The maximum atomic E-state index is 12.2. The lowest BCUT2D eigenvalue weighted by Gasteiger charge is -2.06. The van der Waals surface area contributed by atoms with E-state index in [0.29, 0.717) is 17.8 Å². The summed E-state index contributed by atoms with van der Waals surface area (Å²) in [7, 11) is -3.75. The van der Waals surface area contributed by atoms with Crippen molar-refractivity contribution in [2.45, 2.75) is 32.1 Å². The SMILES string of the molecule is CCCOS(=O)(=O)c1c(C)nn(-c2ccccc2)c1C. The summed E-state index contributed by atoms with van der Waals surface area (Å²) in [4.78, 5) is 0.162. The number of aryl methyl sites for hydroxylation is 1. The molecule has 0 N–H and O–H groups in total. The highest BCUT2D eigenvalue weighted by Crippen LogP contribution is 2.24. The molecule has 0 atom stereocenters. The summed E-state index contributed by atoms with van der Waals surface area (Å²) in [5, 5.41) is 4.31. The third-order valence-corrected chi connectivity index (χ3v) is 4.49. The number of aromatic nitrogens is 2. The number of rotatable bonds is 5. The monoisotopic (exact) mass is 294 g/mol. The van der Waals surface area contributed by atoms with Crippen molar-refractivity contribution in [3.8, 4) is 5.69 Å². The van der Waals surface area contributed by atoms with Crippen LogP contribution >= 0.6 is 0 Å². The second kappa shape index (κ2) is 5.76. The Labute approximate surface area is 119 Å². The lowest BCUT2D eigenvalue weighted by Crippen LogP contribution is -2.09. The first-order chi connectivity index (χ1) is 9.47. The van der Waals surface area contributed by atoms with Crippen LogP contribution in [-0.4, -0.2) is 24.8 Å². The quantitative estimate of drug-likeness (QED) is 0.795. The molecule has 1 heterocycles. The van der Waals surface area contributed by atoms with Gasteiger partial charge in [0.1, 0.15) is 4.90 Å². The fourth-order valence-electron chi connectivity index (χ4n) is 2.06. The zero-order chi connectivity index (χ0) is 14.8. The van der Waals surface area contributed by atoms with Crippen molar-refractivity contribution in [3.63, 3.8) is 0 Å². The molecule has 0 saturated carbocycles. The van der Waals surface area contributed by atoms with E-state index < -0.39 is 10.1 Å². The average molecular weight is 294 g/mol. The zero-order valence-electron chi connectivity index (χ0n) is 11.8. The van der Waals surface area contributed by atoms with Gasteiger partial charge in [0.15, 0.2) is 0 Å². The fraction of sp³-hybridized carbons (Fsp3) is 0.357. The van der Waals surface area contributed by atoms with Gasteiger partial charge in [-0.1, -0.05) is 25.1 Å². The van der Waals surface area contributed by atoms with Gasteiger partial charge in [0, 0.05) is 0 Å². The summed E-state index contributed by atoms with van der Waals surface area (Å²) >= 11 is 0. The topological polar surface area (TPSA) is 61.2 Å². The average Bonchev–Trinajstić information content (AvgIpc) is 2.73. The molecule has 1 aromatic heterocycles. The maximum Gasteiger partial charge on any atom is 0.300 e. The molecule has 0 aliphatic heterocycles. The van der Waals surface area contributed by atoms with Gasteiger partial charge < -0.3 is 0 Å². The lowest BCUT2D eigenvalue weighted by molar-refractivity contribution is 0.317. The van der Waals surface area contributed by atoms with Gasteiger partial charge >= 0.3 is 10.1 Å². The van der Waals surface area contributed by atoms with E-state index in [2.05, 4.69) is 5.10 Å². The van der Waals surface area contributed by atoms with E-state index in [1.807, 2.05) is 37.3 Å². The summed E-state index contributed by atoms with van der Waals surface area (Å²) in [5.41, 5.74) is 1.83. The van der Waals surface area contributed by atoms with Gasteiger partial charge in [-0.2, -0.15) is 13.5 Å². The van der Waals surface area contributed by atoms with E-state index in [-0.39, 0.29) is 11.5 Å². The van der Waals surface area contributed by atoms with Crippen molar-refractivity contribution in [1.82, 2.24) is 9.78 Å². The van der Waals surface area contributed by atoms with Gasteiger partial charge in [-0.15, -0.1) is 0 Å². The van der Waals surface area contributed by atoms with Gasteiger partial charge in [0.2, 0.25) is 0 Å². The Balaban J connectivity index is 2.50. The molecule has 6 heteroatoms. The maximum absolute atomic E-state index is 12.2. The minimum atomic E-state index is -3.75. The highest BCUT2D eigenvalue weighted by Gasteiger charge is 2.25. The van der Waals surface area contributed by atoms with Crippen LogP contribution in [0.1, 0.15) is 24.7 Å². The van der Waals surface area contributed by atoms with Crippen molar-refractivity contribution >= 4 is 10.1 Å². The molecule has 0 bridgehead atoms. The molecule has 0 spiro atoms. The molecule has 1 aromatic carbocycles. The van der Waals surface area contributed by atoms with Gasteiger partial charge in [-0.05, 0) is 32.4 Å². The lowest BCUT2D eigenvalue weighted by atomic mass is 10.3. The van der Waals surface area contributed by atoms with E-state index in [0.717, 1.165) is 5.69 Å². The Bertz CT molecular complexity index is 691. The Kier molecular flexibility index (Phi) is 4.25. The van der Waals surface area contributed by atoms with E-state index in [1.165, 1.54) is 0 Å². The van der Waals surface area contributed by atoms with Crippen LogP contribution in [0.2, 0.25) is 0 Å². The second-order valence-corrected chi connectivity index (χ2v) is 6.08. The molecular formula is C14H18N2O3S. The first-order valence-corrected chi connectivity index (χ1v) is 7.89. The van der Waals surface area contributed by atoms with Crippen LogP contribution in [-0.2, 0) is 14.3 Å². The Morgan fingerprint density at radius 3 is 2.45 bits per heavy atom. The molecule has 0 amide bonds. The molecule has 0 fully saturated rings. The molecular weight excluding hydrogens is 276 g/mol. The standard InChI is InChI=1S/C14H18N2O3S/c1-4-10-19-20(17,18)14-11(2)15-16(12(14)3)13-8-6-5-7-9-13/h5-9H,4,10H2,1-3H3. The van der Waals surface area contributed by atoms with E-state index in [1.54, 1.807) is 18.5 Å². The van der Waals surface area contributed by atoms with Gasteiger partial charge in [0.25, 0.3) is 0 Å². The largest absolute Gasteiger partial charge is 0.300 e. The molecule has 0 unspecified atom stereocenters. The molecule has 2 aromatic rings. The summed E-state index contributed by atoms with van der Waals surface area (Å²) in [6.45, 7) is 5.45. The molecule has 0 aliphatic rings. The van der Waals surface area contributed by atoms with Crippen LogP contribution in [0.3, 0.4) is 0 Å². The number of para-hydroxylation sites is 1. The Morgan fingerprint density at radius 1 is 1.20 bits per heavy atom. The predicted molar refractivity (Wildman–Crippen MR) is 76.5 cm³/mol. The molecule has 2 rings (SSSR count). The van der Waals surface area contributed by atoms with Crippen molar-refractivity contribution in [3.05, 3.63) is 41.7 Å². The minimum absolute atomic E-state index is 0.162. The molecule has 5 nitrogen and oxygen atoms in total. The van der Waals surface area contributed by atoms with Crippen LogP contribution in [0.25, 0.3) is 5.69 Å². The van der Waals surface area contributed by atoms with Crippen molar-refractivity contribution < 1.29 is 12.6 Å². The number of hydrogen-bond donors (Lipinski definition) is 0. The van der Waals surface area contributed by atoms with Crippen molar-refractivity contribution in [1.29, 1.82) is 0 Å². The first-order valence-electron chi connectivity index (χ1n) is 6.48. The zero-order valence-corrected chi connectivity index (χ0v) is 12.6. The van der Waals surface area contributed by atoms with Crippen molar-refractivity contribution in [2.24, 2.45) is 0 Å². The summed E-state index contributed by atoms with van der Waals surface area (Å²) in [6.07, 6.45) is 0.643. The van der Waals surface area contributed by atoms with Crippen molar-refractivity contribution in [2.75, 3.05) is 6.61 Å². The number of benzene rings is 1. The summed E-state index contributed by atoms with van der Waals surface area (Å²) in [5.74, 6) is 0.